The third-order valence-electron chi connectivity index (χ3n) is 6.09. The highest BCUT2D eigenvalue weighted by molar-refractivity contribution is 4.96. The highest BCUT2D eigenvalue weighted by Gasteiger charge is 2.53. The van der Waals surface area contributed by atoms with Crippen molar-refractivity contribution >= 4 is 0 Å². The van der Waals surface area contributed by atoms with Crippen LogP contribution in [0.15, 0.2) is 0 Å². The Morgan fingerprint density at radius 2 is 0.853 bits per heavy atom. The summed E-state index contributed by atoms with van der Waals surface area (Å²) in [5.41, 5.74) is 0. The lowest BCUT2D eigenvalue weighted by Gasteiger charge is -2.47. The van der Waals surface area contributed by atoms with E-state index >= 15 is 0 Å². The molecule has 15 atom stereocenters. The SMILES string of the molecule is OCC1O[C@@H](O[C@H]2C(CO)O[C@@H](O[C@@H]3C(CO)OC(O)C(O)[C@H]3O)C(O)[C@H]2O)C(O)[C@@H](O)C1O. The predicted octanol–water partition coefficient (Wildman–Crippen LogP) is -7.57. The van der Waals surface area contributed by atoms with Crippen LogP contribution in [0.1, 0.15) is 0 Å². The molecule has 0 saturated carbocycles. The monoisotopic (exact) mass is 504 g/mol. The molecule has 0 bridgehead atoms. The van der Waals surface area contributed by atoms with Gasteiger partial charge in [-0.25, -0.2) is 0 Å². The normalized spacial score (nSPS) is 52.5. The third-order valence-corrected chi connectivity index (χ3v) is 6.09. The van der Waals surface area contributed by atoms with Crippen LogP contribution in [-0.2, 0) is 23.7 Å². The van der Waals surface area contributed by atoms with E-state index in [0.29, 0.717) is 0 Å². The number of aliphatic hydroxyl groups is 11. The fourth-order valence-corrected chi connectivity index (χ4v) is 4.06. The maximum atomic E-state index is 10.6. The molecule has 3 saturated heterocycles. The van der Waals surface area contributed by atoms with E-state index < -0.39 is 112 Å². The topological polar surface area (TPSA) is 269 Å². The summed E-state index contributed by atoms with van der Waals surface area (Å²) in [6.07, 6.45) is -25.1. The standard InChI is InChI=1S/C18H32O16/c19-1-4-7(22)8(23)12(27)17(31-4)34-15-6(3-21)32-18(13(28)10(15)25)33-14-5(2-20)30-16(29)11(26)9(14)24/h4-29H,1-3H2/t4?,5?,6?,7?,8-,9+,10+,11?,12?,13?,14+,15-,16?,17-,18-/m0/s1. The fraction of sp³-hybridized carbons (Fsp3) is 1.00. The van der Waals surface area contributed by atoms with Crippen LogP contribution in [0.4, 0.5) is 0 Å². The van der Waals surface area contributed by atoms with E-state index in [9.17, 15) is 56.2 Å². The van der Waals surface area contributed by atoms with Gasteiger partial charge in [0, 0.05) is 0 Å². The molecule has 3 aliphatic heterocycles. The van der Waals surface area contributed by atoms with Gasteiger partial charge in [-0.3, -0.25) is 0 Å². The van der Waals surface area contributed by atoms with Gasteiger partial charge in [0.2, 0.25) is 0 Å². The molecule has 3 fully saturated rings. The molecule has 16 heteroatoms. The molecule has 0 amide bonds. The van der Waals surface area contributed by atoms with Gasteiger partial charge < -0.3 is 79.9 Å². The Hall–Kier alpha value is -0.640. The Morgan fingerprint density at radius 3 is 1.35 bits per heavy atom. The first-order chi connectivity index (χ1) is 16.0. The molecule has 0 aromatic carbocycles. The first-order valence-electron chi connectivity index (χ1n) is 10.6. The third kappa shape index (κ3) is 5.37. The van der Waals surface area contributed by atoms with Crippen molar-refractivity contribution in [1.82, 2.24) is 0 Å². The van der Waals surface area contributed by atoms with Crippen LogP contribution in [0.3, 0.4) is 0 Å². The Bertz CT molecular complexity index is 635. The molecule has 3 rings (SSSR count). The lowest BCUT2D eigenvalue weighted by molar-refractivity contribution is -0.377. The minimum Gasteiger partial charge on any atom is -0.394 e. The molecule has 16 nitrogen and oxygen atoms in total. The van der Waals surface area contributed by atoms with Crippen LogP contribution in [0.25, 0.3) is 0 Å². The maximum absolute atomic E-state index is 10.6. The van der Waals surface area contributed by atoms with Gasteiger partial charge in [0.15, 0.2) is 18.9 Å². The van der Waals surface area contributed by atoms with Crippen molar-refractivity contribution in [3.8, 4) is 0 Å². The first kappa shape index (κ1) is 27.9. The molecule has 0 aromatic rings. The van der Waals surface area contributed by atoms with E-state index in [4.69, 9.17) is 23.7 Å². The van der Waals surface area contributed by atoms with Gasteiger partial charge in [-0.05, 0) is 0 Å². The van der Waals surface area contributed by atoms with Gasteiger partial charge in [-0.15, -0.1) is 0 Å². The van der Waals surface area contributed by atoms with Gasteiger partial charge in [0.1, 0.15) is 73.2 Å². The second-order valence-corrected chi connectivity index (χ2v) is 8.33. The molecule has 34 heavy (non-hydrogen) atoms. The van der Waals surface area contributed by atoms with Crippen LogP contribution >= 0.6 is 0 Å². The zero-order chi connectivity index (χ0) is 25.3. The Morgan fingerprint density at radius 1 is 0.441 bits per heavy atom. The molecule has 11 N–H and O–H groups in total. The van der Waals surface area contributed by atoms with Crippen molar-refractivity contribution in [1.29, 1.82) is 0 Å². The second kappa shape index (κ2) is 11.6. The summed E-state index contributed by atoms with van der Waals surface area (Å²) in [6.45, 7) is -2.32. The van der Waals surface area contributed by atoms with Crippen molar-refractivity contribution in [3.63, 3.8) is 0 Å². The summed E-state index contributed by atoms with van der Waals surface area (Å²) in [4.78, 5) is 0. The van der Waals surface area contributed by atoms with Crippen LogP contribution in [0, 0.1) is 0 Å². The van der Waals surface area contributed by atoms with E-state index in [2.05, 4.69) is 0 Å². The van der Waals surface area contributed by atoms with Gasteiger partial charge in [-0.1, -0.05) is 0 Å². The molecule has 0 aromatic heterocycles. The Kier molecular flexibility index (Phi) is 9.54. The van der Waals surface area contributed by atoms with Gasteiger partial charge in [0.05, 0.1) is 19.8 Å². The quantitative estimate of drug-likeness (QED) is 0.154. The second-order valence-electron chi connectivity index (χ2n) is 8.33. The number of hydrogen-bond acceptors (Lipinski definition) is 16. The summed E-state index contributed by atoms with van der Waals surface area (Å²) in [5.74, 6) is 0. The van der Waals surface area contributed by atoms with Crippen molar-refractivity contribution in [2.24, 2.45) is 0 Å². The molecule has 0 aliphatic carbocycles. The minimum atomic E-state index is -1.91. The number of hydrogen-bond donors (Lipinski definition) is 11. The molecule has 200 valence electrons. The average molecular weight is 504 g/mol. The Balaban J connectivity index is 1.72. The molecule has 0 spiro atoms. The van der Waals surface area contributed by atoms with Gasteiger partial charge >= 0.3 is 0 Å². The average Bonchev–Trinajstić information content (AvgIpc) is 2.83. The summed E-state index contributed by atoms with van der Waals surface area (Å²) in [5, 5.41) is 109. The largest absolute Gasteiger partial charge is 0.394 e. The first-order valence-corrected chi connectivity index (χ1v) is 10.6. The van der Waals surface area contributed by atoms with Crippen molar-refractivity contribution in [2.75, 3.05) is 19.8 Å². The summed E-state index contributed by atoms with van der Waals surface area (Å²) >= 11 is 0. The van der Waals surface area contributed by atoms with Crippen molar-refractivity contribution in [2.45, 2.75) is 92.1 Å². The number of rotatable bonds is 7. The summed E-state index contributed by atoms with van der Waals surface area (Å²) in [7, 11) is 0. The molecule has 3 heterocycles. The summed E-state index contributed by atoms with van der Waals surface area (Å²) in [6, 6.07) is 0. The van der Waals surface area contributed by atoms with Gasteiger partial charge in [0.25, 0.3) is 0 Å². The van der Waals surface area contributed by atoms with Crippen LogP contribution in [0.2, 0.25) is 0 Å². The zero-order valence-electron chi connectivity index (χ0n) is 17.7. The van der Waals surface area contributed by atoms with E-state index in [1.165, 1.54) is 0 Å². The van der Waals surface area contributed by atoms with Crippen LogP contribution < -0.4 is 0 Å². The number of aliphatic hydroxyl groups excluding tert-OH is 11. The van der Waals surface area contributed by atoms with E-state index in [1.807, 2.05) is 0 Å². The van der Waals surface area contributed by atoms with E-state index in [0.717, 1.165) is 0 Å². The van der Waals surface area contributed by atoms with Crippen LogP contribution in [0.5, 0.6) is 0 Å². The van der Waals surface area contributed by atoms with Gasteiger partial charge in [-0.2, -0.15) is 0 Å². The summed E-state index contributed by atoms with van der Waals surface area (Å²) < 4.78 is 26.4. The smallest absolute Gasteiger partial charge is 0.187 e. The zero-order valence-corrected chi connectivity index (χ0v) is 17.7. The molecular formula is C18H32O16. The van der Waals surface area contributed by atoms with Crippen molar-refractivity contribution in [3.05, 3.63) is 0 Å². The van der Waals surface area contributed by atoms with Crippen molar-refractivity contribution < 1.29 is 79.9 Å². The van der Waals surface area contributed by atoms with E-state index in [-0.39, 0.29) is 0 Å². The lowest BCUT2D eigenvalue weighted by Crippen LogP contribution is -2.66. The highest BCUT2D eigenvalue weighted by Crippen LogP contribution is 2.32. The number of ether oxygens (including phenoxy) is 5. The Labute approximate surface area is 192 Å². The maximum Gasteiger partial charge on any atom is 0.187 e. The molecule has 0 radical (unpaired) electrons. The minimum absolute atomic E-state index is 0.741. The molecule has 8 unspecified atom stereocenters. The molecule has 3 aliphatic rings. The highest BCUT2D eigenvalue weighted by atomic mass is 16.8. The van der Waals surface area contributed by atoms with E-state index in [1.54, 1.807) is 0 Å². The predicted molar refractivity (Wildman–Crippen MR) is 101 cm³/mol. The lowest BCUT2D eigenvalue weighted by atomic mass is 9.96. The fourth-order valence-electron chi connectivity index (χ4n) is 4.06. The molecular weight excluding hydrogens is 472 g/mol. The van der Waals surface area contributed by atoms with Crippen LogP contribution in [-0.4, -0.2) is 168 Å².